The second-order valence-electron chi connectivity index (χ2n) is 4.79. The van der Waals surface area contributed by atoms with Crippen LogP contribution < -0.4 is 5.32 Å². The molecule has 0 aromatic carbocycles. The lowest BCUT2D eigenvalue weighted by Gasteiger charge is -2.26. The Morgan fingerprint density at radius 1 is 1.35 bits per heavy atom. The lowest BCUT2D eigenvalue weighted by molar-refractivity contribution is -0.130. The second kappa shape index (κ2) is 6.31. The molecule has 1 saturated heterocycles. The van der Waals surface area contributed by atoms with E-state index in [0.29, 0.717) is 5.69 Å². The van der Waals surface area contributed by atoms with Gasteiger partial charge < -0.3 is 15.3 Å². The molecular formula is C13H18N4O3. The SMILES string of the molecule is Cc1nc(NCC(=O)N2CCCCC2)ncc1C(=O)O. The molecule has 0 unspecified atom stereocenters. The fraction of sp³-hybridized carbons (Fsp3) is 0.538. The lowest BCUT2D eigenvalue weighted by atomic mass is 10.1. The Hall–Kier alpha value is -2.18. The molecule has 0 radical (unpaired) electrons. The van der Waals surface area contributed by atoms with Crippen LogP contribution in [0.25, 0.3) is 0 Å². The lowest BCUT2D eigenvalue weighted by Crippen LogP contribution is -2.39. The Bertz CT molecular complexity index is 512. The zero-order valence-corrected chi connectivity index (χ0v) is 11.4. The number of amides is 1. The van der Waals surface area contributed by atoms with Crippen molar-refractivity contribution >= 4 is 17.8 Å². The molecule has 2 N–H and O–H groups in total. The first-order valence-corrected chi connectivity index (χ1v) is 6.66. The Morgan fingerprint density at radius 3 is 2.65 bits per heavy atom. The fourth-order valence-corrected chi connectivity index (χ4v) is 2.17. The van der Waals surface area contributed by atoms with E-state index in [1.165, 1.54) is 12.6 Å². The van der Waals surface area contributed by atoms with Gasteiger partial charge in [0.05, 0.1) is 17.8 Å². The molecule has 0 spiro atoms. The Balaban J connectivity index is 1.92. The van der Waals surface area contributed by atoms with E-state index in [-0.39, 0.29) is 24.0 Å². The number of likely N-dealkylation sites (tertiary alicyclic amines) is 1. The highest BCUT2D eigenvalue weighted by molar-refractivity contribution is 5.88. The molecule has 0 atom stereocenters. The number of carboxylic acid groups (broad SMARTS) is 1. The van der Waals surface area contributed by atoms with Gasteiger partial charge in [0.1, 0.15) is 0 Å². The summed E-state index contributed by atoms with van der Waals surface area (Å²) in [6, 6.07) is 0. The van der Waals surface area contributed by atoms with Gasteiger partial charge in [-0.2, -0.15) is 0 Å². The minimum atomic E-state index is -1.06. The summed E-state index contributed by atoms with van der Waals surface area (Å²) in [4.78, 5) is 32.6. The van der Waals surface area contributed by atoms with Crippen LogP contribution in [0, 0.1) is 6.92 Å². The van der Waals surface area contributed by atoms with Gasteiger partial charge in [0.2, 0.25) is 11.9 Å². The summed E-state index contributed by atoms with van der Waals surface area (Å²) in [5, 5.41) is 11.7. The van der Waals surface area contributed by atoms with Crippen molar-refractivity contribution in [2.24, 2.45) is 0 Å². The highest BCUT2D eigenvalue weighted by atomic mass is 16.4. The zero-order valence-electron chi connectivity index (χ0n) is 11.4. The number of aryl methyl sites for hydroxylation is 1. The molecule has 20 heavy (non-hydrogen) atoms. The maximum absolute atomic E-state index is 11.9. The van der Waals surface area contributed by atoms with E-state index in [4.69, 9.17) is 5.11 Å². The third kappa shape index (κ3) is 3.43. The number of nitrogens with zero attached hydrogens (tertiary/aromatic N) is 3. The van der Waals surface area contributed by atoms with Crippen LogP contribution >= 0.6 is 0 Å². The topological polar surface area (TPSA) is 95.4 Å². The number of anilines is 1. The first-order valence-electron chi connectivity index (χ1n) is 6.66. The van der Waals surface area contributed by atoms with Crippen LogP contribution in [0.5, 0.6) is 0 Å². The van der Waals surface area contributed by atoms with E-state index in [9.17, 15) is 9.59 Å². The van der Waals surface area contributed by atoms with Crippen molar-refractivity contribution in [3.8, 4) is 0 Å². The van der Waals surface area contributed by atoms with Crippen LogP contribution in [0.4, 0.5) is 5.95 Å². The van der Waals surface area contributed by atoms with Gasteiger partial charge in [0.15, 0.2) is 0 Å². The number of aromatic nitrogens is 2. The van der Waals surface area contributed by atoms with Crippen LogP contribution in [-0.2, 0) is 4.79 Å². The Labute approximate surface area is 117 Å². The molecule has 7 nitrogen and oxygen atoms in total. The molecule has 108 valence electrons. The molecular weight excluding hydrogens is 260 g/mol. The van der Waals surface area contributed by atoms with E-state index in [1.807, 2.05) is 4.90 Å². The third-order valence-corrected chi connectivity index (χ3v) is 3.32. The van der Waals surface area contributed by atoms with Gasteiger partial charge in [-0.25, -0.2) is 14.8 Å². The average molecular weight is 278 g/mol. The highest BCUT2D eigenvalue weighted by Gasteiger charge is 2.16. The minimum absolute atomic E-state index is 0.0215. The van der Waals surface area contributed by atoms with Gasteiger partial charge in [0, 0.05) is 19.3 Å². The molecule has 0 bridgehead atoms. The number of carboxylic acids is 1. The highest BCUT2D eigenvalue weighted by Crippen LogP contribution is 2.10. The normalized spacial score (nSPS) is 14.9. The number of carbonyl (C=O) groups is 2. The summed E-state index contributed by atoms with van der Waals surface area (Å²) in [6.45, 7) is 3.34. The van der Waals surface area contributed by atoms with Crippen molar-refractivity contribution in [2.45, 2.75) is 26.2 Å². The second-order valence-corrected chi connectivity index (χ2v) is 4.79. The number of hydrogen-bond donors (Lipinski definition) is 2. The molecule has 0 saturated carbocycles. The predicted molar refractivity (Wildman–Crippen MR) is 72.6 cm³/mol. The van der Waals surface area contributed by atoms with Crippen molar-refractivity contribution in [1.82, 2.24) is 14.9 Å². The smallest absolute Gasteiger partial charge is 0.339 e. The number of rotatable bonds is 4. The largest absolute Gasteiger partial charge is 0.478 e. The van der Waals surface area contributed by atoms with E-state index in [1.54, 1.807) is 6.92 Å². The minimum Gasteiger partial charge on any atom is -0.478 e. The molecule has 1 aliphatic rings. The number of aromatic carboxylic acids is 1. The predicted octanol–water partition coefficient (Wildman–Crippen LogP) is 0.908. The summed E-state index contributed by atoms with van der Waals surface area (Å²) in [5.41, 5.74) is 0.443. The molecule has 7 heteroatoms. The van der Waals surface area contributed by atoms with Gasteiger partial charge >= 0.3 is 5.97 Å². The quantitative estimate of drug-likeness (QED) is 0.850. The number of hydrogen-bond acceptors (Lipinski definition) is 5. The summed E-state index contributed by atoms with van der Waals surface area (Å²) in [7, 11) is 0. The Kier molecular flexibility index (Phi) is 4.49. The summed E-state index contributed by atoms with van der Waals surface area (Å²) in [5.74, 6) is -0.760. The maximum atomic E-state index is 11.9. The number of nitrogens with one attached hydrogen (secondary N) is 1. The summed E-state index contributed by atoms with van der Waals surface area (Å²) >= 11 is 0. The van der Waals surface area contributed by atoms with E-state index in [2.05, 4.69) is 15.3 Å². The number of carbonyl (C=O) groups excluding carboxylic acids is 1. The van der Waals surface area contributed by atoms with Crippen LogP contribution in [0.3, 0.4) is 0 Å². The zero-order chi connectivity index (χ0) is 14.5. The van der Waals surface area contributed by atoms with Crippen molar-refractivity contribution in [1.29, 1.82) is 0 Å². The standard InChI is InChI=1S/C13H18N4O3/c1-9-10(12(19)20)7-14-13(16-9)15-8-11(18)17-5-3-2-4-6-17/h7H,2-6,8H2,1H3,(H,19,20)(H,14,15,16). The van der Waals surface area contributed by atoms with Gasteiger partial charge in [0.25, 0.3) is 0 Å². The fourth-order valence-electron chi connectivity index (χ4n) is 2.17. The van der Waals surface area contributed by atoms with E-state index in [0.717, 1.165) is 25.9 Å². The van der Waals surface area contributed by atoms with Crippen LogP contribution in [0.15, 0.2) is 6.20 Å². The molecule has 1 aromatic rings. The van der Waals surface area contributed by atoms with Crippen molar-refractivity contribution in [3.05, 3.63) is 17.5 Å². The molecule has 2 rings (SSSR count). The van der Waals surface area contributed by atoms with E-state index < -0.39 is 5.97 Å². The first kappa shape index (κ1) is 14.2. The van der Waals surface area contributed by atoms with E-state index >= 15 is 0 Å². The van der Waals surface area contributed by atoms with Crippen molar-refractivity contribution in [2.75, 3.05) is 25.0 Å². The molecule has 1 amide bonds. The van der Waals surface area contributed by atoms with Crippen molar-refractivity contribution in [3.63, 3.8) is 0 Å². The van der Waals surface area contributed by atoms with Gasteiger partial charge in [-0.3, -0.25) is 4.79 Å². The van der Waals surface area contributed by atoms with Crippen LogP contribution in [0.1, 0.15) is 35.3 Å². The number of piperidine rings is 1. The average Bonchev–Trinajstić information content (AvgIpc) is 2.45. The van der Waals surface area contributed by atoms with Gasteiger partial charge in [-0.15, -0.1) is 0 Å². The van der Waals surface area contributed by atoms with Gasteiger partial charge in [-0.1, -0.05) is 0 Å². The molecule has 2 heterocycles. The molecule has 1 fully saturated rings. The first-order chi connectivity index (χ1) is 9.58. The maximum Gasteiger partial charge on any atom is 0.339 e. The molecule has 1 aliphatic heterocycles. The molecule has 0 aliphatic carbocycles. The van der Waals surface area contributed by atoms with Gasteiger partial charge in [-0.05, 0) is 26.2 Å². The molecule has 1 aromatic heterocycles. The third-order valence-electron chi connectivity index (χ3n) is 3.32. The Morgan fingerprint density at radius 2 is 2.05 bits per heavy atom. The monoisotopic (exact) mass is 278 g/mol. The van der Waals surface area contributed by atoms with Crippen LogP contribution in [0.2, 0.25) is 0 Å². The summed E-state index contributed by atoms with van der Waals surface area (Å²) in [6.07, 6.45) is 4.53. The van der Waals surface area contributed by atoms with Crippen molar-refractivity contribution < 1.29 is 14.7 Å². The summed E-state index contributed by atoms with van der Waals surface area (Å²) < 4.78 is 0. The van der Waals surface area contributed by atoms with Crippen LogP contribution in [-0.4, -0.2) is 51.5 Å².